The monoisotopic (exact) mass is 293 g/mol. The van der Waals surface area contributed by atoms with Crippen LogP contribution in [-0.4, -0.2) is 32.9 Å². The van der Waals surface area contributed by atoms with Crippen molar-refractivity contribution in [3.05, 3.63) is 34.4 Å². The maximum Gasteiger partial charge on any atom is 0.127 e. The van der Waals surface area contributed by atoms with Gasteiger partial charge in [-0.05, 0) is 48.6 Å². The lowest BCUT2D eigenvalue weighted by Crippen LogP contribution is -2.37. The highest BCUT2D eigenvalue weighted by Crippen LogP contribution is 2.33. The van der Waals surface area contributed by atoms with Gasteiger partial charge in [-0.3, -0.25) is 0 Å². The van der Waals surface area contributed by atoms with Gasteiger partial charge in [-0.2, -0.15) is 0 Å². The Bertz CT molecular complexity index is 511. The van der Waals surface area contributed by atoms with Crippen molar-refractivity contribution in [1.29, 1.82) is 0 Å². The van der Waals surface area contributed by atoms with Crippen LogP contribution in [0.3, 0.4) is 0 Å². The van der Waals surface area contributed by atoms with E-state index in [1.807, 2.05) is 18.2 Å². The summed E-state index contributed by atoms with van der Waals surface area (Å²) < 4.78 is 11.0. The zero-order valence-electron chi connectivity index (χ0n) is 11.7. The molecule has 0 spiro atoms. The zero-order chi connectivity index (χ0) is 13.9. The summed E-state index contributed by atoms with van der Waals surface area (Å²) in [5, 5.41) is 4.34. The summed E-state index contributed by atoms with van der Waals surface area (Å²) in [5.74, 6) is 1.69. The molecular weight excluding hydrogens is 274 g/mol. The van der Waals surface area contributed by atoms with Crippen LogP contribution in [0.1, 0.15) is 18.4 Å². The van der Waals surface area contributed by atoms with Crippen molar-refractivity contribution in [3.8, 4) is 5.75 Å². The summed E-state index contributed by atoms with van der Waals surface area (Å²) in [7, 11) is 1.76. The Labute approximate surface area is 124 Å². The average Bonchev–Trinajstić information content (AvgIpc) is 3.27. The number of ether oxygens (including phenoxy) is 2. The minimum atomic E-state index is 0.460. The molecular formula is C16H20ClNO2. The number of fused-ring (bicyclic) bond motifs is 1. The lowest BCUT2D eigenvalue weighted by molar-refractivity contribution is 0.158. The van der Waals surface area contributed by atoms with Gasteiger partial charge in [0.25, 0.3) is 0 Å². The van der Waals surface area contributed by atoms with Gasteiger partial charge in [-0.25, -0.2) is 0 Å². The third-order valence-corrected chi connectivity index (χ3v) is 4.11. The molecule has 3 nitrogen and oxygen atoms in total. The van der Waals surface area contributed by atoms with Crippen molar-refractivity contribution in [3.63, 3.8) is 0 Å². The van der Waals surface area contributed by atoms with E-state index in [1.165, 1.54) is 18.4 Å². The number of rotatable bonds is 6. The third-order valence-electron chi connectivity index (χ3n) is 3.87. The third kappa shape index (κ3) is 3.35. The Balaban J connectivity index is 1.63. The minimum absolute atomic E-state index is 0.460. The zero-order valence-corrected chi connectivity index (χ0v) is 12.5. The van der Waals surface area contributed by atoms with Crippen LogP contribution in [0.15, 0.2) is 23.8 Å². The molecule has 0 aromatic heterocycles. The van der Waals surface area contributed by atoms with E-state index in [1.54, 1.807) is 7.11 Å². The molecule has 1 heterocycles. The van der Waals surface area contributed by atoms with Gasteiger partial charge in [0, 0.05) is 30.3 Å². The molecule has 0 amide bonds. The molecule has 2 aliphatic rings. The molecule has 3 rings (SSSR count). The maximum atomic E-state index is 6.03. The standard InChI is InChI=1S/C16H20ClNO2/c1-19-10-15(12-2-3-12)18-8-11-6-13-7-14(17)4-5-16(13)20-9-11/h4-7,12,15,18H,2-3,8-10H2,1H3. The van der Waals surface area contributed by atoms with E-state index >= 15 is 0 Å². The maximum absolute atomic E-state index is 6.03. The van der Waals surface area contributed by atoms with Crippen molar-refractivity contribution in [2.24, 2.45) is 5.92 Å². The van der Waals surface area contributed by atoms with Crippen LogP contribution in [0.2, 0.25) is 5.02 Å². The van der Waals surface area contributed by atoms with Crippen molar-refractivity contribution < 1.29 is 9.47 Å². The molecule has 0 saturated heterocycles. The molecule has 20 heavy (non-hydrogen) atoms. The lowest BCUT2D eigenvalue weighted by Gasteiger charge is -2.22. The van der Waals surface area contributed by atoms with Crippen LogP contribution < -0.4 is 10.1 Å². The average molecular weight is 294 g/mol. The van der Waals surface area contributed by atoms with Gasteiger partial charge in [-0.1, -0.05) is 11.6 Å². The number of methoxy groups -OCH3 is 1. The van der Waals surface area contributed by atoms with Gasteiger partial charge in [0.15, 0.2) is 0 Å². The second kappa shape index (κ2) is 6.17. The van der Waals surface area contributed by atoms with Crippen LogP contribution in [0.5, 0.6) is 5.75 Å². The van der Waals surface area contributed by atoms with E-state index in [0.29, 0.717) is 12.6 Å². The molecule has 1 atom stereocenters. The van der Waals surface area contributed by atoms with Gasteiger partial charge in [0.05, 0.1) is 6.61 Å². The van der Waals surface area contributed by atoms with Gasteiger partial charge < -0.3 is 14.8 Å². The summed E-state index contributed by atoms with van der Waals surface area (Å²) in [6, 6.07) is 6.20. The molecule has 108 valence electrons. The molecule has 4 heteroatoms. The Morgan fingerprint density at radius 3 is 3.05 bits per heavy atom. The van der Waals surface area contributed by atoms with E-state index in [4.69, 9.17) is 21.1 Å². The van der Waals surface area contributed by atoms with E-state index in [-0.39, 0.29) is 0 Å². The van der Waals surface area contributed by atoms with Crippen LogP contribution in [0.25, 0.3) is 6.08 Å². The largest absolute Gasteiger partial charge is 0.489 e. The van der Waals surface area contributed by atoms with Crippen LogP contribution in [-0.2, 0) is 4.74 Å². The summed E-state index contributed by atoms with van der Waals surface area (Å²) in [5.41, 5.74) is 2.32. The van der Waals surface area contributed by atoms with Crippen LogP contribution in [0.4, 0.5) is 0 Å². The Kier molecular flexibility index (Phi) is 4.29. The minimum Gasteiger partial charge on any atom is -0.489 e. The fraction of sp³-hybridized carbons (Fsp3) is 0.500. The first kappa shape index (κ1) is 13.9. The molecule has 1 aliphatic heterocycles. The molecule has 1 unspecified atom stereocenters. The molecule has 1 aromatic carbocycles. The number of benzene rings is 1. The molecule has 1 fully saturated rings. The summed E-state index contributed by atoms with van der Waals surface area (Å²) in [4.78, 5) is 0. The Morgan fingerprint density at radius 2 is 2.30 bits per heavy atom. The van der Waals surface area contributed by atoms with Gasteiger partial charge in [0.2, 0.25) is 0 Å². The first-order valence-electron chi connectivity index (χ1n) is 7.10. The van der Waals surface area contributed by atoms with Crippen molar-refractivity contribution >= 4 is 17.7 Å². The SMILES string of the molecule is COCC(NCC1=Cc2cc(Cl)ccc2OC1)C1CC1. The summed E-state index contributed by atoms with van der Waals surface area (Å²) >= 11 is 6.03. The van der Waals surface area contributed by atoms with Gasteiger partial charge >= 0.3 is 0 Å². The second-order valence-electron chi connectivity index (χ2n) is 5.55. The highest BCUT2D eigenvalue weighted by molar-refractivity contribution is 6.30. The number of halogens is 1. The molecule has 0 radical (unpaired) electrons. The number of hydrogen-bond donors (Lipinski definition) is 1. The Hall–Kier alpha value is -1.03. The fourth-order valence-corrected chi connectivity index (χ4v) is 2.78. The molecule has 1 saturated carbocycles. The quantitative estimate of drug-likeness (QED) is 0.874. The van der Waals surface area contributed by atoms with Crippen molar-refractivity contribution in [1.82, 2.24) is 5.32 Å². The lowest BCUT2D eigenvalue weighted by atomic mass is 10.1. The first-order valence-corrected chi connectivity index (χ1v) is 7.48. The van der Waals surface area contributed by atoms with Crippen LogP contribution >= 0.6 is 11.6 Å². The van der Waals surface area contributed by atoms with Gasteiger partial charge in [0.1, 0.15) is 12.4 Å². The highest BCUT2D eigenvalue weighted by Gasteiger charge is 2.30. The molecule has 1 N–H and O–H groups in total. The van der Waals surface area contributed by atoms with Crippen molar-refractivity contribution in [2.75, 3.05) is 26.9 Å². The predicted octanol–water partition coefficient (Wildman–Crippen LogP) is 3.13. The molecule has 1 aliphatic carbocycles. The van der Waals surface area contributed by atoms with E-state index < -0.39 is 0 Å². The molecule has 1 aromatic rings. The Morgan fingerprint density at radius 1 is 1.45 bits per heavy atom. The summed E-state index contributed by atoms with van der Waals surface area (Å²) in [6.45, 7) is 2.27. The van der Waals surface area contributed by atoms with E-state index in [9.17, 15) is 0 Å². The molecule has 0 bridgehead atoms. The smallest absolute Gasteiger partial charge is 0.127 e. The first-order chi connectivity index (χ1) is 9.76. The fourth-order valence-electron chi connectivity index (χ4n) is 2.60. The predicted molar refractivity (Wildman–Crippen MR) is 81.3 cm³/mol. The van der Waals surface area contributed by atoms with Crippen molar-refractivity contribution in [2.45, 2.75) is 18.9 Å². The number of hydrogen-bond acceptors (Lipinski definition) is 3. The second-order valence-corrected chi connectivity index (χ2v) is 5.99. The normalized spacial score (nSPS) is 19.0. The topological polar surface area (TPSA) is 30.5 Å². The number of nitrogens with one attached hydrogen (secondary N) is 1. The summed E-state index contributed by atoms with van der Waals surface area (Å²) in [6.07, 6.45) is 4.80. The van der Waals surface area contributed by atoms with Gasteiger partial charge in [-0.15, -0.1) is 0 Å². The highest BCUT2D eigenvalue weighted by atomic mass is 35.5. The van der Waals surface area contributed by atoms with E-state index in [2.05, 4.69) is 11.4 Å². The van der Waals surface area contributed by atoms with Crippen LogP contribution in [0, 0.1) is 5.92 Å². The van der Waals surface area contributed by atoms with E-state index in [0.717, 1.165) is 35.4 Å².